The Kier molecular flexibility index (Phi) is 10.6. The minimum absolute atomic E-state index is 0.192. The highest BCUT2D eigenvalue weighted by atomic mass is 19.2. The van der Waals surface area contributed by atoms with E-state index in [4.69, 9.17) is 9.47 Å². The number of carbonyl (C=O) groups excluding carboxylic acids is 2. The maximum atomic E-state index is 13.3. The van der Waals surface area contributed by atoms with Gasteiger partial charge < -0.3 is 9.47 Å². The summed E-state index contributed by atoms with van der Waals surface area (Å²) in [6.07, 6.45) is 6.51. The lowest BCUT2D eigenvalue weighted by Gasteiger charge is -2.07. The number of hydrogen-bond acceptors (Lipinski definition) is 4. The van der Waals surface area contributed by atoms with Gasteiger partial charge in [0.15, 0.2) is 34.9 Å². The summed E-state index contributed by atoms with van der Waals surface area (Å²) in [6, 6.07) is 15.7. The lowest BCUT2D eigenvalue weighted by Crippen LogP contribution is -2.09. The number of esters is 2. The van der Waals surface area contributed by atoms with E-state index in [-0.39, 0.29) is 11.1 Å². The standard InChI is InChI=1S/C33H26F6O4/c34-26-16-24(17-27(35)30(26)38)42-32(40)22-12-8-20(9-13-22)6-4-2-1-3-5-7-21-10-14-23(15-11-21)33(41)43-25-18-28(36)31(39)29(37)19-25/h8-19H,1-7H2. The minimum Gasteiger partial charge on any atom is -0.423 e. The van der Waals surface area contributed by atoms with Crippen LogP contribution in [0.4, 0.5) is 26.3 Å². The molecule has 0 unspecified atom stereocenters. The molecule has 0 aliphatic carbocycles. The fourth-order valence-corrected chi connectivity index (χ4v) is 4.32. The molecule has 0 radical (unpaired) electrons. The number of rotatable bonds is 12. The van der Waals surface area contributed by atoms with E-state index in [1.165, 1.54) is 0 Å². The van der Waals surface area contributed by atoms with Gasteiger partial charge in [-0.3, -0.25) is 0 Å². The molecular formula is C33H26F6O4. The van der Waals surface area contributed by atoms with Crippen molar-refractivity contribution in [2.24, 2.45) is 0 Å². The van der Waals surface area contributed by atoms with Crippen LogP contribution in [-0.4, -0.2) is 11.9 Å². The molecule has 0 fully saturated rings. The van der Waals surface area contributed by atoms with Crippen LogP contribution in [0.1, 0.15) is 63.9 Å². The summed E-state index contributed by atoms with van der Waals surface area (Å²) in [6.45, 7) is 0. The van der Waals surface area contributed by atoms with E-state index in [0.717, 1.165) is 56.1 Å². The van der Waals surface area contributed by atoms with Crippen molar-refractivity contribution < 1.29 is 45.4 Å². The van der Waals surface area contributed by atoms with Gasteiger partial charge in [0.05, 0.1) is 11.1 Å². The maximum Gasteiger partial charge on any atom is 0.343 e. The first-order valence-corrected chi connectivity index (χ1v) is 13.5. The summed E-state index contributed by atoms with van der Waals surface area (Å²) < 4.78 is 89.2. The second-order valence-corrected chi connectivity index (χ2v) is 9.84. The maximum absolute atomic E-state index is 13.3. The van der Waals surface area contributed by atoms with E-state index < -0.39 is 58.3 Å². The fourth-order valence-electron chi connectivity index (χ4n) is 4.32. The molecular weight excluding hydrogens is 574 g/mol. The van der Waals surface area contributed by atoms with Crippen LogP contribution in [0, 0.1) is 34.9 Å². The predicted octanol–water partition coefficient (Wildman–Crippen LogP) is 8.70. The Morgan fingerprint density at radius 2 is 0.767 bits per heavy atom. The summed E-state index contributed by atoms with van der Waals surface area (Å²) in [5.41, 5.74) is 2.42. The topological polar surface area (TPSA) is 52.6 Å². The van der Waals surface area contributed by atoms with Gasteiger partial charge in [-0.05, 0) is 61.1 Å². The molecule has 4 aromatic carbocycles. The van der Waals surface area contributed by atoms with Gasteiger partial charge >= 0.3 is 11.9 Å². The van der Waals surface area contributed by atoms with E-state index in [2.05, 4.69) is 0 Å². The second-order valence-electron chi connectivity index (χ2n) is 9.84. The van der Waals surface area contributed by atoms with Crippen molar-refractivity contribution in [2.45, 2.75) is 44.9 Å². The van der Waals surface area contributed by atoms with Crippen molar-refractivity contribution >= 4 is 11.9 Å². The summed E-state index contributed by atoms with van der Waals surface area (Å²) in [5.74, 6) is -11.5. The van der Waals surface area contributed by atoms with Gasteiger partial charge in [-0.15, -0.1) is 0 Å². The molecule has 0 heterocycles. The molecule has 0 aromatic heterocycles. The number of carbonyl (C=O) groups is 2. The Balaban J connectivity index is 1.12. The van der Waals surface area contributed by atoms with Crippen molar-refractivity contribution in [1.82, 2.24) is 0 Å². The van der Waals surface area contributed by atoms with E-state index in [1.807, 2.05) is 0 Å². The lowest BCUT2D eigenvalue weighted by atomic mass is 10.0. The molecule has 0 saturated carbocycles. The lowest BCUT2D eigenvalue weighted by molar-refractivity contribution is 0.0723. The highest BCUT2D eigenvalue weighted by Crippen LogP contribution is 2.22. The zero-order valence-electron chi connectivity index (χ0n) is 22.8. The molecule has 4 aromatic rings. The first kappa shape index (κ1) is 31.3. The molecule has 43 heavy (non-hydrogen) atoms. The Morgan fingerprint density at radius 3 is 1.09 bits per heavy atom. The quantitative estimate of drug-likeness (QED) is 0.0537. The van der Waals surface area contributed by atoms with Gasteiger partial charge in [0.1, 0.15) is 11.5 Å². The van der Waals surface area contributed by atoms with E-state index in [0.29, 0.717) is 24.3 Å². The van der Waals surface area contributed by atoms with Crippen LogP contribution in [-0.2, 0) is 12.8 Å². The van der Waals surface area contributed by atoms with Crippen molar-refractivity contribution in [3.05, 3.63) is 130 Å². The highest BCUT2D eigenvalue weighted by molar-refractivity contribution is 5.91. The first-order valence-electron chi connectivity index (χ1n) is 13.5. The molecule has 0 aliphatic rings. The Bertz CT molecular complexity index is 1420. The Labute approximate surface area is 243 Å². The Morgan fingerprint density at radius 1 is 0.465 bits per heavy atom. The van der Waals surface area contributed by atoms with Crippen molar-refractivity contribution in [3.8, 4) is 11.5 Å². The number of unbranched alkanes of at least 4 members (excludes halogenated alkanes) is 4. The van der Waals surface area contributed by atoms with Crippen LogP contribution in [0.3, 0.4) is 0 Å². The van der Waals surface area contributed by atoms with Gasteiger partial charge in [0.25, 0.3) is 0 Å². The number of hydrogen-bond donors (Lipinski definition) is 0. The number of aryl methyl sites for hydroxylation is 2. The average molecular weight is 601 g/mol. The van der Waals surface area contributed by atoms with Crippen LogP contribution in [0.2, 0.25) is 0 Å². The molecule has 0 saturated heterocycles. The minimum atomic E-state index is -1.64. The third-order valence-electron chi connectivity index (χ3n) is 6.65. The van der Waals surface area contributed by atoms with Gasteiger partial charge in [0, 0.05) is 24.3 Å². The van der Waals surface area contributed by atoms with Crippen molar-refractivity contribution in [3.63, 3.8) is 0 Å². The molecule has 0 amide bonds. The normalized spacial score (nSPS) is 10.9. The molecule has 4 nitrogen and oxygen atoms in total. The van der Waals surface area contributed by atoms with Crippen LogP contribution < -0.4 is 9.47 Å². The van der Waals surface area contributed by atoms with Gasteiger partial charge in [0.2, 0.25) is 0 Å². The number of benzene rings is 4. The average Bonchev–Trinajstić information content (AvgIpc) is 2.98. The summed E-state index contributed by atoms with van der Waals surface area (Å²) in [4.78, 5) is 24.5. The summed E-state index contributed by atoms with van der Waals surface area (Å²) in [5, 5.41) is 0. The van der Waals surface area contributed by atoms with E-state index in [9.17, 15) is 35.9 Å². The third kappa shape index (κ3) is 8.70. The molecule has 0 bridgehead atoms. The third-order valence-corrected chi connectivity index (χ3v) is 6.65. The SMILES string of the molecule is O=C(Oc1cc(F)c(F)c(F)c1)c1ccc(CCCCCCCc2ccc(C(=O)Oc3cc(F)c(F)c(F)c3)cc2)cc1. The van der Waals surface area contributed by atoms with Gasteiger partial charge in [-0.2, -0.15) is 0 Å². The van der Waals surface area contributed by atoms with Crippen molar-refractivity contribution in [2.75, 3.05) is 0 Å². The summed E-state index contributed by atoms with van der Waals surface area (Å²) in [7, 11) is 0. The number of ether oxygens (including phenoxy) is 2. The summed E-state index contributed by atoms with van der Waals surface area (Å²) >= 11 is 0. The molecule has 0 aliphatic heterocycles. The molecule has 0 spiro atoms. The van der Waals surface area contributed by atoms with Crippen LogP contribution in [0.15, 0.2) is 72.8 Å². The second kappa shape index (κ2) is 14.5. The zero-order chi connectivity index (χ0) is 30.9. The molecule has 0 N–H and O–H groups in total. The largest absolute Gasteiger partial charge is 0.423 e. The molecule has 224 valence electrons. The van der Waals surface area contributed by atoms with Crippen LogP contribution in [0.25, 0.3) is 0 Å². The molecule has 10 heteroatoms. The van der Waals surface area contributed by atoms with Crippen LogP contribution >= 0.6 is 0 Å². The van der Waals surface area contributed by atoms with Crippen LogP contribution in [0.5, 0.6) is 11.5 Å². The Hall–Kier alpha value is -4.60. The first-order chi connectivity index (χ1) is 20.6. The fraction of sp³-hybridized carbons (Fsp3) is 0.212. The molecule has 4 rings (SSSR count). The predicted molar refractivity (Wildman–Crippen MR) is 146 cm³/mol. The zero-order valence-corrected chi connectivity index (χ0v) is 22.8. The van der Waals surface area contributed by atoms with E-state index in [1.54, 1.807) is 48.5 Å². The van der Waals surface area contributed by atoms with Crippen molar-refractivity contribution in [1.29, 1.82) is 0 Å². The number of halogens is 6. The van der Waals surface area contributed by atoms with E-state index >= 15 is 0 Å². The monoisotopic (exact) mass is 600 g/mol. The van der Waals surface area contributed by atoms with Gasteiger partial charge in [-0.25, -0.2) is 35.9 Å². The smallest absolute Gasteiger partial charge is 0.343 e. The highest BCUT2D eigenvalue weighted by Gasteiger charge is 2.16. The van der Waals surface area contributed by atoms with Gasteiger partial charge in [-0.1, -0.05) is 43.5 Å². The molecule has 0 atom stereocenters.